The molecule has 2 saturated heterocycles. The molecule has 0 spiro atoms. The minimum Gasteiger partial charge on any atom is -0.360 e. The summed E-state index contributed by atoms with van der Waals surface area (Å²) in [6, 6.07) is 0. The van der Waals surface area contributed by atoms with Crippen molar-refractivity contribution >= 4 is 17.6 Å². The van der Waals surface area contributed by atoms with Gasteiger partial charge < -0.3 is 4.90 Å². The van der Waals surface area contributed by atoms with E-state index in [0.29, 0.717) is 0 Å². The molecule has 0 amide bonds. The third-order valence-electron chi connectivity index (χ3n) is 2.73. The van der Waals surface area contributed by atoms with Gasteiger partial charge in [-0.25, -0.2) is 0 Å². The summed E-state index contributed by atoms with van der Waals surface area (Å²) in [6.07, 6.45) is 3.59. The molecule has 2 aliphatic heterocycles. The maximum Gasteiger partial charge on any atom is 0.0958 e. The van der Waals surface area contributed by atoms with Crippen LogP contribution in [-0.2, 0) is 0 Å². The van der Waals surface area contributed by atoms with Gasteiger partial charge in [0, 0.05) is 19.5 Å². The van der Waals surface area contributed by atoms with E-state index >= 15 is 0 Å². The molecule has 2 rings (SSSR count). The van der Waals surface area contributed by atoms with Gasteiger partial charge in [0.2, 0.25) is 0 Å². The van der Waals surface area contributed by atoms with Crippen molar-refractivity contribution in [3.05, 3.63) is 0 Å². The van der Waals surface area contributed by atoms with E-state index in [0.717, 1.165) is 31.3 Å². The molecule has 3 heteroatoms. The Hall–Kier alpha value is -0.180. The first-order valence-corrected chi connectivity index (χ1v) is 5.92. The predicted molar refractivity (Wildman–Crippen MR) is 54.0 cm³/mol. The highest BCUT2D eigenvalue weighted by Gasteiger charge is 2.23. The second-order valence-corrected chi connectivity index (χ2v) is 4.88. The number of nitrogens with one attached hydrogen (secondary N) is 1. The first kappa shape index (κ1) is 8.42. The summed E-state index contributed by atoms with van der Waals surface area (Å²) in [5.41, 5.74) is 0. The second-order valence-electron chi connectivity index (χ2n) is 3.73. The van der Waals surface area contributed by atoms with Crippen molar-refractivity contribution < 1.29 is 0 Å². The number of likely N-dealkylation sites (tertiary alicyclic amines) is 1. The van der Waals surface area contributed by atoms with Crippen LogP contribution in [0, 0.1) is 11.3 Å². The molecule has 0 aliphatic carbocycles. The molecule has 0 aromatic heterocycles. The molecule has 68 valence electrons. The van der Waals surface area contributed by atoms with Gasteiger partial charge >= 0.3 is 0 Å². The van der Waals surface area contributed by atoms with Crippen molar-refractivity contribution in [3.8, 4) is 0 Å². The molecule has 1 unspecified atom stereocenters. The number of nitrogens with zero attached hydrogens (tertiary/aromatic N) is 1. The van der Waals surface area contributed by atoms with Crippen LogP contribution < -0.4 is 0 Å². The molecule has 1 atom stereocenters. The highest BCUT2D eigenvalue weighted by molar-refractivity contribution is 7.99. The second kappa shape index (κ2) is 3.69. The Kier molecular flexibility index (Phi) is 2.59. The van der Waals surface area contributed by atoms with Crippen molar-refractivity contribution in [2.24, 2.45) is 5.92 Å². The zero-order chi connectivity index (χ0) is 8.39. The van der Waals surface area contributed by atoms with Gasteiger partial charge in [-0.1, -0.05) is 0 Å². The Balaban J connectivity index is 1.81. The lowest BCUT2D eigenvalue weighted by Crippen LogP contribution is -2.30. The molecule has 2 fully saturated rings. The minimum absolute atomic E-state index is 0.869. The molecule has 12 heavy (non-hydrogen) atoms. The van der Waals surface area contributed by atoms with Crippen LogP contribution in [0.1, 0.15) is 19.3 Å². The average molecular weight is 184 g/mol. The minimum atomic E-state index is 0.869. The normalized spacial score (nSPS) is 30.2. The van der Waals surface area contributed by atoms with Crippen molar-refractivity contribution in [2.75, 3.05) is 24.6 Å². The summed E-state index contributed by atoms with van der Waals surface area (Å²) < 4.78 is 0. The van der Waals surface area contributed by atoms with Gasteiger partial charge in [0.1, 0.15) is 0 Å². The van der Waals surface area contributed by atoms with Crippen LogP contribution in [0.4, 0.5) is 0 Å². The van der Waals surface area contributed by atoms with Gasteiger partial charge in [0.05, 0.1) is 5.84 Å². The van der Waals surface area contributed by atoms with Crippen LogP contribution in [0.2, 0.25) is 0 Å². The zero-order valence-electron chi connectivity index (χ0n) is 7.38. The van der Waals surface area contributed by atoms with Gasteiger partial charge in [0.25, 0.3) is 0 Å². The molecule has 1 N–H and O–H groups in total. The Morgan fingerprint density at radius 2 is 2.50 bits per heavy atom. The summed E-state index contributed by atoms with van der Waals surface area (Å²) in [5.74, 6) is 4.41. The standard InChI is InChI=1S/C9H16N2S/c10-9-2-1-4-11(9)6-8-3-5-12-7-8/h8,10H,1-7H2. The van der Waals surface area contributed by atoms with Crippen LogP contribution in [0.3, 0.4) is 0 Å². The van der Waals surface area contributed by atoms with Crippen LogP contribution in [0.15, 0.2) is 0 Å². The molecule has 2 nitrogen and oxygen atoms in total. The first-order valence-electron chi connectivity index (χ1n) is 4.76. The lowest BCUT2D eigenvalue weighted by Gasteiger charge is -2.21. The molecule has 0 bridgehead atoms. The number of hydrogen-bond acceptors (Lipinski definition) is 2. The van der Waals surface area contributed by atoms with Crippen molar-refractivity contribution in [3.63, 3.8) is 0 Å². The van der Waals surface area contributed by atoms with E-state index in [4.69, 9.17) is 5.41 Å². The Morgan fingerprint density at radius 3 is 3.08 bits per heavy atom. The Bertz CT molecular complexity index is 175. The van der Waals surface area contributed by atoms with Gasteiger partial charge in [-0.2, -0.15) is 11.8 Å². The number of amidine groups is 1. The molecular formula is C9H16N2S. The molecule has 0 radical (unpaired) electrons. The lowest BCUT2D eigenvalue weighted by atomic mass is 10.1. The highest BCUT2D eigenvalue weighted by atomic mass is 32.2. The fraction of sp³-hybridized carbons (Fsp3) is 0.889. The maximum atomic E-state index is 7.69. The van der Waals surface area contributed by atoms with Gasteiger partial charge in [-0.15, -0.1) is 0 Å². The van der Waals surface area contributed by atoms with E-state index in [1.807, 2.05) is 0 Å². The van der Waals surface area contributed by atoms with E-state index in [9.17, 15) is 0 Å². The summed E-state index contributed by atoms with van der Waals surface area (Å²) in [5, 5.41) is 7.69. The summed E-state index contributed by atoms with van der Waals surface area (Å²) in [7, 11) is 0. The van der Waals surface area contributed by atoms with E-state index < -0.39 is 0 Å². The molecule has 0 aromatic rings. The highest BCUT2D eigenvalue weighted by Crippen LogP contribution is 2.25. The summed E-state index contributed by atoms with van der Waals surface area (Å²) >= 11 is 2.07. The van der Waals surface area contributed by atoms with E-state index in [1.54, 1.807) is 0 Å². The Labute approximate surface area is 78.2 Å². The number of thioether (sulfide) groups is 1. The number of hydrogen-bond donors (Lipinski definition) is 1. The van der Waals surface area contributed by atoms with E-state index in [1.165, 1.54) is 24.3 Å². The van der Waals surface area contributed by atoms with Crippen LogP contribution >= 0.6 is 11.8 Å². The van der Waals surface area contributed by atoms with Crippen molar-refractivity contribution in [1.29, 1.82) is 5.41 Å². The smallest absolute Gasteiger partial charge is 0.0958 e. The SMILES string of the molecule is N=C1CCCN1CC1CCSC1. The predicted octanol–water partition coefficient (Wildman–Crippen LogP) is 1.81. The van der Waals surface area contributed by atoms with Crippen LogP contribution in [0.25, 0.3) is 0 Å². The first-order chi connectivity index (χ1) is 5.86. The number of rotatable bonds is 2. The van der Waals surface area contributed by atoms with Gasteiger partial charge in [-0.3, -0.25) is 5.41 Å². The third-order valence-corrected chi connectivity index (χ3v) is 3.96. The molecule has 0 saturated carbocycles. The Morgan fingerprint density at radius 1 is 1.58 bits per heavy atom. The average Bonchev–Trinajstić information content (AvgIpc) is 2.65. The fourth-order valence-corrected chi connectivity index (χ4v) is 3.24. The lowest BCUT2D eigenvalue weighted by molar-refractivity contribution is 0.377. The van der Waals surface area contributed by atoms with E-state index in [2.05, 4.69) is 16.7 Å². The quantitative estimate of drug-likeness (QED) is 0.708. The zero-order valence-corrected chi connectivity index (χ0v) is 8.20. The van der Waals surface area contributed by atoms with Gasteiger partial charge in [0.15, 0.2) is 0 Å². The third kappa shape index (κ3) is 1.76. The van der Waals surface area contributed by atoms with E-state index in [-0.39, 0.29) is 0 Å². The molecule has 2 heterocycles. The van der Waals surface area contributed by atoms with Crippen LogP contribution in [0.5, 0.6) is 0 Å². The monoisotopic (exact) mass is 184 g/mol. The fourth-order valence-electron chi connectivity index (χ4n) is 1.97. The largest absolute Gasteiger partial charge is 0.360 e. The maximum absolute atomic E-state index is 7.69. The van der Waals surface area contributed by atoms with Gasteiger partial charge in [-0.05, 0) is 30.3 Å². The molecule has 0 aromatic carbocycles. The van der Waals surface area contributed by atoms with Crippen molar-refractivity contribution in [1.82, 2.24) is 4.90 Å². The van der Waals surface area contributed by atoms with Crippen LogP contribution in [-0.4, -0.2) is 35.3 Å². The summed E-state index contributed by atoms with van der Waals surface area (Å²) in [6.45, 7) is 2.30. The summed E-state index contributed by atoms with van der Waals surface area (Å²) in [4.78, 5) is 2.27. The molecular weight excluding hydrogens is 168 g/mol. The van der Waals surface area contributed by atoms with Crippen molar-refractivity contribution in [2.45, 2.75) is 19.3 Å². The molecule has 2 aliphatic rings. The topological polar surface area (TPSA) is 27.1 Å².